The highest BCUT2D eigenvalue weighted by atomic mass is 79.9. The number of halogens is 1. The normalized spacial score (nSPS) is 18.6. The van der Waals surface area contributed by atoms with E-state index in [1.54, 1.807) is 6.26 Å². The lowest BCUT2D eigenvalue weighted by Crippen LogP contribution is -2.04. The fraction of sp³-hybridized carbons (Fsp3) is 0.364. The Morgan fingerprint density at radius 2 is 2.31 bits per heavy atom. The standard InChI is InChI=1S/C11H11BrN2O2/c1-5-6(2)14-11(13-5)8-4-15-9-7(8)3-16-10(9)12/h3,8H,4H2,1-2H3,(H,13,14). The number of nitrogens with one attached hydrogen (secondary N) is 1. The smallest absolute Gasteiger partial charge is 0.211 e. The minimum atomic E-state index is 0.150. The number of imidazole rings is 1. The average molecular weight is 283 g/mol. The highest BCUT2D eigenvalue weighted by molar-refractivity contribution is 9.10. The molecule has 0 aliphatic carbocycles. The first-order chi connectivity index (χ1) is 7.66. The number of aromatic nitrogens is 2. The van der Waals surface area contributed by atoms with Crippen LogP contribution in [0.4, 0.5) is 0 Å². The molecule has 3 rings (SSSR count). The highest BCUT2D eigenvalue weighted by Crippen LogP contribution is 2.43. The van der Waals surface area contributed by atoms with Gasteiger partial charge in [-0.05, 0) is 29.8 Å². The van der Waals surface area contributed by atoms with Crippen molar-refractivity contribution in [3.05, 3.63) is 33.7 Å². The first-order valence-corrected chi connectivity index (χ1v) is 5.89. The Balaban J connectivity index is 2.04. The number of ether oxygens (including phenoxy) is 1. The van der Waals surface area contributed by atoms with Crippen LogP contribution in [0, 0.1) is 13.8 Å². The second kappa shape index (κ2) is 3.38. The average Bonchev–Trinajstić information content (AvgIpc) is 2.87. The van der Waals surface area contributed by atoms with Gasteiger partial charge in [-0.3, -0.25) is 0 Å². The van der Waals surface area contributed by atoms with Crippen molar-refractivity contribution in [1.82, 2.24) is 9.97 Å². The van der Waals surface area contributed by atoms with E-state index in [9.17, 15) is 0 Å². The quantitative estimate of drug-likeness (QED) is 0.875. The maximum Gasteiger partial charge on any atom is 0.211 e. The van der Waals surface area contributed by atoms with E-state index in [-0.39, 0.29) is 5.92 Å². The summed E-state index contributed by atoms with van der Waals surface area (Å²) in [5, 5.41) is 0. The largest absolute Gasteiger partial charge is 0.488 e. The molecule has 1 aliphatic heterocycles. The molecule has 0 radical (unpaired) electrons. The van der Waals surface area contributed by atoms with Gasteiger partial charge in [0.1, 0.15) is 12.4 Å². The van der Waals surface area contributed by atoms with Gasteiger partial charge in [0.05, 0.1) is 17.9 Å². The molecule has 2 aromatic heterocycles. The molecule has 0 saturated carbocycles. The number of aryl methyl sites for hydroxylation is 2. The van der Waals surface area contributed by atoms with Crippen LogP contribution in [-0.2, 0) is 0 Å². The van der Waals surface area contributed by atoms with Crippen LogP contribution < -0.4 is 4.74 Å². The fourth-order valence-corrected chi connectivity index (χ4v) is 2.38. The van der Waals surface area contributed by atoms with E-state index < -0.39 is 0 Å². The number of furan rings is 1. The van der Waals surface area contributed by atoms with Gasteiger partial charge in [-0.1, -0.05) is 0 Å². The van der Waals surface area contributed by atoms with Gasteiger partial charge in [0.25, 0.3) is 0 Å². The summed E-state index contributed by atoms with van der Waals surface area (Å²) >= 11 is 3.31. The SMILES string of the molecule is Cc1nc(C2COc3c2coc3Br)[nH]c1C. The van der Waals surface area contributed by atoms with Crippen LogP contribution in [0.3, 0.4) is 0 Å². The zero-order valence-electron chi connectivity index (χ0n) is 9.00. The molecule has 0 amide bonds. The Hall–Kier alpha value is -1.23. The van der Waals surface area contributed by atoms with E-state index in [2.05, 4.69) is 25.9 Å². The summed E-state index contributed by atoms with van der Waals surface area (Å²) in [7, 11) is 0. The Morgan fingerprint density at radius 3 is 3.00 bits per heavy atom. The van der Waals surface area contributed by atoms with Crippen molar-refractivity contribution in [1.29, 1.82) is 0 Å². The molecule has 16 heavy (non-hydrogen) atoms. The fourth-order valence-electron chi connectivity index (χ4n) is 1.94. The number of aromatic amines is 1. The number of H-pyrrole nitrogens is 1. The van der Waals surface area contributed by atoms with Crippen molar-refractivity contribution >= 4 is 15.9 Å². The van der Waals surface area contributed by atoms with Crippen molar-refractivity contribution in [2.24, 2.45) is 0 Å². The molecule has 5 heteroatoms. The van der Waals surface area contributed by atoms with Gasteiger partial charge >= 0.3 is 0 Å². The Labute approximate surface area is 101 Å². The number of nitrogens with zero attached hydrogens (tertiary/aromatic N) is 1. The third-order valence-corrected chi connectivity index (χ3v) is 3.52. The third kappa shape index (κ3) is 1.31. The second-order valence-corrected chi connectivity index (χ2v) is 4.71. The summed E-state index contributed by atoms with van der Waals surface area (Å²) in [6, 6.07) is 0. The molecule has 0 aromatic carbocycles. The van der Waals surface area contributed by atoms with E-state index in [0.717, 1.165) is 28.5 Å². The zero-order chi connectivity index (χ0) is 11.3. The summed E-state index contributed by atoms with van der Waals surface area (Å²) in [5.74, 6) is 1.90. The lowest BCUT2D eigenvalue weighted by molar-refractivity contribution is 0.324. The molecule has 3 heterocycles. The van der Waals surface area contributed by atoms with Crippen molar-refractivity contribution in [3.63, 3.8) is 0 Å². The minimum Gasteiger partial charge on any atom is -0.488 e. The van der Waals surface area contributed by atoms with E-state index in [4.69, 9.17) is 9.15 Å². The van der Waals surface area contributed by atoms with E-state index >= 15 is 0 Å². The topological polar surface area (TPSA) is 51.1 Å². The van der Waals surface area contributed by atoms with Crippen molar-refractivity contribution < 1.29 is 9.15 Å². The molecule has 0 bridgehead atoms. The lowest BCUT2D eigenvalue weighted by Gasteiger charge is -2.02. The maximum atomic E-state index is 5.58. The van der Waals surface area contributed by atoms with Crippen LogP contribution >= 0.6 is 15.9 Å². The molecule has 0 spiro atoms. The predicted octanol–water partition coefficient (Wildman–Crippen LogP) is 2.91. The molecule has 1 unspecified atom stereocenters. The first kappa shape index (κ1) is 9.96. The number of hydrogen-bond acceptors (Lipinski definition) is 3. The Kier molecular flexibility index (Phi) is 2.10. The molecule has 2 aromatic rings. The Morgan fingerprint density at radius 1 is 1.50 bits per heavy atom. The van der Waals surface area contributed by atoms with E-state index in [0.29, 0.717) is 11.3 Å². The van der Waals surface area contributed by atoms with Crippen LogP contribution in [-0.4, -0.2) is 16.6 Å². The summed E-state index contributed by atoms with van der Waals surface area (Å²) in [5.41, 5.74) is 3.19. The second-order valence-electron chi connectivity index (χ2n) is 3.99. The van der Waals surface area contributed by atoms with Crippen molar-refractivity contribution in [3.8, 4) is 5.75 Å². The van der Waals surface area contributed by atoms with Crippen LogP contribution in [0.25, 0.3) is 0 Å². The number of hydrogen-bond donors (Lipinski definition) is 1. The van der Waals surface area contributed by atoms with Gasteiger partial charge in [0.15, 0.2) is 5.75 Å². The summed E-state index contributed by atoms with van der Waals surface area (Å²) in [6.45, 7) is 4.64. The van der Waals surface area contributed by atoms with Gasteiger partial charge in [-0.2, -0.15) is 0 Å². The summed E-state index contributed by atoms with van der Waals surface area (Å²) < 4.78 is 11.5. The van der Waals surface area contributed by atoms with Gasteiger partial charge < -0.3 is 14.1 Å². The van der Waals surface area contributed by atoms with Crippen LogP contribution in [0.5, 0.6) is 5.75 Å². The number of rotatable bonds is 1. The number of fused-ring (bicyclic) bond motifs is 1. The van der Waals surface area contributed by atoms with E-state index in [1.165, 1.54) is 0 Å². The molecule has 0 saturated heterocycles. The van der Waals surface area contributed by atoms with Crippen molar-refractivity contribution in [2.75, 3.05) is 6.61 Å². The monoisotopic (exact) mass is 282 g/mol. The van der Waals surface area contributed by atoms with Crippen LogP contribution in [0.15, 0.2) is 15.3 Å². The van der Waals surface area contributed by atoms with Crippen molar-refractivity contribution in [2.45, 2.75) is 19.8 Å². The van der Waals surface area contributed by atoms with Crippen LogP contribution in [0.1, 0.15) is 28.7 Å². The highest BCUT2D eigenvalue weighted by Gasteiger charge is 2.32. The van der Waals surface area contributed by atoms with Gasteiger partial charge in [0, 0.05) is 11.3 Å². The first-order valence-electron chi connectivity index (χ1n) is 5.09. The third-order valence-electron chi connectivity index (χ3n) is 2.98. The molecule has 1 aliphatic rings. The molecule has 1 atom stereocenters. The zero-order valence-corrected chi connectivity index (χ0v) is 10.6. The molecule has 4 nitrogen and oxygen atoms in total. The molecular weight excluding hydrogens is 272 g/mol. The van der Waals surface area contributed by atoms with Gasteiger partial charge in [-0.25, -0.2) is 4.98 Å². The predicted molar refractivity (Wildman–Crippen MR) is 61.8 cm³/mol. The minimum absolute atomic E-state index is 0.150. The molecular formula is C11H11BrN2O2. The molecule has 0 fully saturated rings. The molecule has 84 valence electrons. The maximum absolute atomic E-state index is 5.58. The molecule has 1 N–H and O–H groups in total. The summed E-state index contributed by atoms with van der Waals surface area (Å²) in [4.78, 5) is 7.80. The lowest BCUT2D eigenvalue weighted by atomic mass is 10.0. The van der Waals surface area contributed by atoms with Crippen LogP contribution in [0.2, 0.25) is 0 Å². The van der Waals surface area contributed by atoms with Gasteiger partial charge in [-0.15, -0.1) is 0 Å². The van der Waals surface area contributed by atoms with E-state index in [1.807, 2.05) is 13.8 Å². The Bertz CT molecular complexity index is 525. The summed E-state index contributed by atoms with van der Waals surface area (Å²) in [6.07, 6.45) is 1.73. The van der Waals surface area contributed by atoms with Gasteiger partial charge in [0.2, 0.25) is 4.67 Å².